The Labute approximate surface area is 98.5 Å². The molecule has 0 aliphatic carbocycles. The Bertz CT molecular complexity index is 281. The van der Waals surface area contributed by atoms with Crippen LogP contribution in [0.4, 0.5) is 0 Å². The second kappa shape index (κ2) is 5.68. The predicted molar refractivity (Wildman–Crippen MR) is 69.0 cm³/mol. The number of rotatable bonds is 5. The average molecular weight is 243 g/mol. The molecule has 0 saturated carbocycles. The summed E-state index contributed by atoms with van der Waals surface area (Å²) in [6, 6.07) is 10.3. The topological polar surface area (TPSA) is 9.23 Å². The highest BCUT2D eigenvalue weighted by molar-refractivity contribution is 6.69. The summed E-state index contributed by atoms with van der Waals surface area (Å²) < 4.78 is 6.12. The minimum Gasteiger partial charge on any atom is -0.411 e. The van der Waals surface area contributed by atoms with E-state index in [1.165, 1.54) is 5.56 Å². The Kier molecular flexibility index (Phi) is 4.83. The predicted octanol–water partition coefficient (Wildman–Crippen LogP) is 4.21. The molecule has 0 heterocycles. The van der Waals surface area contributed by atoms with Gasteiger partial charge in [0, 0.05) is 5.88 Å². The molecule has 0 saturated heterocycles. The molecule has 0 amide bonds. The molecule has 1 unspecified atom stereocenters. The van der Waals surface area contributed by atoms with Crippen molar-refractivity contribution in [3.63, 3.8) is 0 Å². The molecule has 0 bridgehead atoms. The third-order valence-corrected chi connectivity index (χ3v) is 3.25. The van der Waals surface area contributed by atoms with E-state index < -0.39 is 8.32 Å². The summed E-state index contributed by atoms with van der Waals surface area (Å²) in [7, 11) is -1.50. The van der Waals surface area contributed by atoms with Crippen molar-refractivity contribution in [2.45, 2.75) is 32.2 Å². The summed E-state index contributed by atoms with van der Waals surface area (Å²) in [5, 5.41) is 0. The molecule has 0 spiro atoms. The van der Waals surface area contributed by atoms with Crippen molar-refractivity contribution in [2.75, 3.05) is 5.88 Å². The van der Waals surface area contributed by atoms with Crippen molar-refractivity contribution in [3.8, 4) is 0 Å². The van der Waals surface area contributed by atoms with Crippen LogP contribution >= 0.6 is 11.6 Å². The third-order valence-electron chi connectivity index (χ3n) is 2.04. The monoisotopic (exact) mass is 242 g/mol. The van der Waals surface area contributed by atoms with Gasteiger partial charge in [0.2, 0.25) is 0 Å². The minimum atomic E-state index is -1.50. The van der Waals surface area contributed by atoms with Crippen LogP contribution in [0.3, 0.4) is 0 Å². The highest BCUT2D eigenvalue weighted by atomic mass is 35.5. The standard InChI is InChI=1S/C12H19ClOSi/c1-15(2,3)14-12(9-10-13)11-7-5-4-6-8-11/h4-8,12H,9-10H2,1-3H3. The lowest BCUT2D eigenvalue weighted by Crippen LogP contribution is -2.28. The smallest absolute Gasteiger partial charge is 0.184 e. The Hall–Kier alpha value is -0.313. The van der Waals surface area contributed by atoms with Crippen LogP contribution in [-0.4, -0.2) is 14.2 Å². The normalized spacial score (nSPS) is 13.9. The van der Waals surface area contributed by atoms with E-state index in [1.807, 2.05) is 18.2 Å². The Balaban J connectivity index is 2.75. The van der Waals surface area contributed by atoms with Crippen molar-refractivity contribution < 1.29 is 4.43 Å². The molecule has 3 heteroatoms. The largest absolute Gasteiger partial charge is 0.411 e. The fourth-order valence-electron chi connectivity index (χ4n) is 1.49. The summed E-state index contributed by atoms with van der Waals surface area (Å²) in [5.41, 5.74) is 1.24. The highest BCUT2D eigenvalue weighted by Gasteiger charge is 2.21. The lowest BCUT2D eigenvalue weighted by Gasteiger charge is -2.26. The molecule has 1 rings (SSSR count). The molecule has 0 aliphatic rings. The van der Waals surface area contributed by atoms with Crippen LogP contribution in [0, 0.1) is 0 Å². The zero-order valence-corrected chi connectivity index (χ0v) is 11.4. The van der Waals surface area contributed by atoms with E-state index in [9.17, 15) is 0 Å². The van der Waals surface area contributed by atoms with Gasteiger partial charge in [0.1, 0.15) is 0 Å². The van der Waals surface area contributed by atoms with E-state index in [-0.39, 0.29) is 6.10 Å². The van der Waals surface area contributed by atoms with Crippen molar-refractivity contribution in [2.24, 2.45) is 0 Å². The van der Waals surface area contributed by atoms with Gasteiger partial charge in [0.15, 0.2) is 8.32 Å². The maximum absolute atomic E-state index is 6.12. The zero-order valence-electron chi connectivity index (χ0n) is 9.66. The van der Waals surface area contributed by atoms with E-state index >= 15 is 0 Å². The molecule has 1 aromatic carbocycles. The summed E-state index contributed by atoms with van der Waals surface area (Å²) in [6.07, 6.45) is 1.05. The minimum absolute atomic E-state index is 0.162. The van der Waals surface area contributed by atoms with Crippen LogP contribution in [0.25, 0.3) is 0 Å². The van der Waals surface area contributed by atoms with Crippen molar-refractivity contribution in [3.05, 3.63) is 35.9 Å². The quantitative estimate of drug-likeness (QED) is 0.555. The second-order valence-electron chi connectivity index (χ2n) is 4.61. The van der Waals surface area contributed by atoms with E-state index in [4.69, 9.17) is 16.0 Å². The van der Waals surface area contributed by atoms with E-state index in [0.717, 1.165) is 6.42 Å². The lowest BCUT2D eigenvalue weighted by atomic mass is 10.1. The zero-order chi connectivity index (χ0) is 11.3. The molecule has 1 aromatic rings. The molecule has 0 fully saturated rings. The number of alkyl halides is 1. The number of hydrogen-bond acceptors (Lipinski definition) is 1. The Morgan fingerprint density at radius 1 is 1.20 bits per heavy atom. The fraction of sp³-hybridized carbons (Fsp3) is 0.500. The first-order valence-corrected chi connectivity index (χ1v) is 9.26. The van der Waals surface area contributed by atoms with Gasteiger partial charge < -0.3 is 4.43 Å². The molecule has 0 radical (unpaired) electrons. The first kappa shape index (κ1) is 12.8. The summed E-state index contributed by atoms with van der Waals surface area (Å²) in [4.78, 5) is 0. The fourth-order valence-corrected chi connectivity index (χ4v) is 2.79. The van der Waals surface area contributed by atoms with Crippen molar-refractivity contribution in [1.82, 2.24) is 0 Å². The molecule has 0 aliphatic heterocycles. The maximum Gasteiger partial charge on any atom is 0.184 e. The third kappa shape index (κ3) is 4.82. The van der Waals surface area contributed by atoms with Gasteiger partial charge in [-0.25, -0.2) is 0 Å². The first-order valence-electron chi connectivity index (χ1n) is 5.31. The van der Waals surface area contributed by atoms with Gasteiger partial charge in [-0.3, -0.25) is 0 Å². The number of halogens is 1. The maximum atomic E-state index is 6.12. The molecular weight excluding hydrogens is 224 g/mol. The van der Waals surface area contributed by atoms with Crippen LogP contribution in [0.5, 0.6) is 0 Å². The van der Waals surface area contributed by atoms with Crippen molar-refractivity contribution in [1.29, 1.82) is 0 Å². The van der Waals surface area contributed by atoms with Crippen LogP contribution in [-0.2, 0) is 4.43 Å². The van der Waals surface area contributed by atoms with Crippen LogP contribution in [0.15, 0.2) is 30.3 Å². The van der Waals surface area contributed by atoms with Crippen LogP contribution in [0.1, 0.15) is 18.1 Å². The van der Waals surface area contributed by atoms with Gasteiger partial charge >= 0.3 is 0 Å². The molecule has 15 heavy (non-hydrogen) atoms. The Morgan fingerprint density at radius 3 is 2.27 bits per heavy atom. The van der Waals surface area contributed by atoms with Gasteiger partial charge in [0.25, 0.3) is 0 Å². The summed E-state index contributed by atoms with van der Waals surface area (Å²) in [5.74, 6) is 0.643. The van der Waals surface area contributed by atoms with Crippen LogP contribution in [0.2, 0.25) is 19.6 Å². The van der Waals surface area contributed by atoms with Crippen LogP contribution < -0.4 is 0 Å². The van der Waals surface area contributed by atoms with Gasteiger partial charge in [0.05, 0.1) is 6.10 Å². The second-order valence-corrected chi connectivity index (χ2v) is 9.45. The molecule has 0 N–H and O–H groups in total. The Morgan fingerprint density at radius 2 is 1.80 bits per heavy atom. The molecule has 84 valence electrons. The van der Waals surface area contributed by atoms with E-state index in [0.29, 0.717) is 5.88 Å². The highest BCUT2D eigenvalue weighted by Crippen LogP contribution is 2.25. The van der Waals surface area contributed by atoms with E-state index in [2.05, 4.69) is 31.8 Å². The number of benzene rings is 1. The van der Waals surface area contributed by atoms with Crippen molar-refractivity contribution >= 4 is 19.9 Å². The number of hydrogen-bond donors (Lipinski definition) is 0. The SMILES string of the molecule is C[Si](C)(C)OC(CCCl)c1ccccc1. The molecule has 0 aromatic heterocycles. The van der Waals surface area contributed by atoms with Gasteiger partial charge in [-0.2, -0.15) is 0 Å². The van der Waals surface area contributed by atoms with Gasteiger partial charge in [-0.1, -0.05) is 30.3 Å². The first-order chi connectivity index (χ1) is 7.03. The van der Waals surface area contributed by atoms with Gasteiger partial charge in [-0.05, 0) is 31.6 Å². The lowest BCUT2D eigenvalue weighted by molar-refractivity contribution is 0.194. The van der Waals surface area contributed by atoms with Gasteiger partial charge in [-0.15, -0.1) is 11.6 Å². The summed E-state index contributed by atoms with van der Waals surface area (Å²) >= 11 is 5.81. The summed E-state index contributed by atoms with van der Waals surface area (Å²) in [6.45, 7) is 6.62. The molecule has 1 nitrogen and oxygen atoms in total. The van der Waals surface area contributed by atoms with E-state index in [1.54, 1.807) is 0 Å². The molecule has 1 atom stereocenters. The average Bonchev–Trinajstić information content (AvgIpc) is 2.17. The molecular formula is C12H19ClOSi.